The number of hydrogen-bond donors (Lipinski definition) is 3. The summed E-state index contributed by atoms with van der Waals surface area (Å²) in [5.74, 6) is -0.533. The number of β-amino-alcohol motifs (C(OH)–C–C–N with tert-alkyl or cyclic N) is 1. The number of likely N-dealkylation sites (tertiary alicyclic amines) is 1. The minimum atomic E-state index is -1.06. The van der Waals surface area contributed by atoms with Gasteiger partial charge in [-0.2, -0.15) is 0 Å². The highest BCUT2D eigenvalue weighted by molar-refractivity contribution is 5.83. The second-order valence-electron chi connectivity index (χ2n) is 4.86. The molecule has 0 aromatic rings. The smallest absolute Gasteiger partial charge is 0.326 e. The quantitative estimate of drug-likeness (QED) is 0.650. The highest BCUT2D eigenvalue weighted by Gasteiger charge is 2.42. The van der Waals surface area contributed by atoms with Crippen LogP contribution in [0.4, 0.5) is 4.79 Å². The number of carboxylic acid groups (broad SMARTS) is 1. The van der Waals surface area contributed by atoms with E-state index in [-0.39, 0.29) is 25.0 Å². The third-order valence-electron chi connectivity index (χ3n) is 3.58. The van der Waals surface area contributed by atoms with Gasteiger partial charge in [0.15, 0.2) is 0 Å². The molecule has 17 heavy (non-hydrogen) atoms. The summed E-state index contributed by atoms with van der Waals surface area (Å²) in [5, 5.41) is 21.2. The van der Waals surface area contributed by atoms with Crippen LogP contribution in [0.5, 0.6) is 0 Å². The van der Waals surface area contributed by atoms with Crippen LogP contribution in [0, 0.1) is 5.92 Å². The lowest BCUT2D eigenvalue weighted by atomic mass is 10.2. The van der Waals surface area contributed by atoms with Crippen LogP contribution in [0.2, 0.25) is 0 Å². The molecule has 1 heterocycles. The molecule has 1 aliphatic carbocycles. The number of carbonyl (C=O) groups excluding carboxylic acids is 1. The van der Waals surface area contributed by atoms with Crippen molar-refractivity contribution in [1.29, 1.82) is 0 Å². The summed E-state index contributed by atoms with van der Waals surface area (Å²) in [6, 6.07) is -1.08. The summed E-state index contributed by atoms with van der Waals surface area (Å²) in [5.41, 5.74) is 0. The first-order valence-corrected chi connectivity index (χ1v) is 6.01. The first-order valence-electron chi connectivity index (χ1n) is 6.01. The lowest BCUT2D eigenvalue weighted by Gasteiger charge is -2.21. The van der Waals surface area contributed by atoms with Gasteiger partial charge in [-0.25, -0.2) is 9.59 Å². The fourth-order valence-electron chi connectivity index (χ4n) is 2.39. The molecule has 0 spiro atoms. The molecule has 6 nitrogen and oxygen atoms in total. The average molecular weight is 242 g/mol. The van der Waals surface area contributed by atoms with Crippen LogP contribution in [0.3, 0.4) is 0 Å². The van der Waals surface area contributed by atoms with Crippen LogP contribution < -0.4 is 5.32 Å². The number of carbonyl (C=O) groups is 2. The normalized spacial score (nSPS) is 35.8. The molecule has 2 amide bonds. The van der Waals surface area contributed by atoms with Gasteiger partial charge in [0.2, 0.25) is 0 Å². The molecule has 0 aromatic carbocycles. The molecule has 2 rings (SSSR count). The molecule has 6 heteroatoms. The number of nitrogens with one attached hydrogen (secondary N) is 1. The number of amides is 2. The van der Waals surface area contributed by atoms with E-state index in [1.165, 1.54) is 4.90 Å². The maximum atomic E-state index is 11.9. The highest BCUT2D eigenvalue weighted by Crippen LogP contribution is 2.33. The van der Waals surface area contributed by atoms with E-state index in [1.54, 1.807) is 0 Å². The minimum absolute atomic E-state index is 0.103. The van der Waals surface area contributed by atoms with Crippen molar-refractivity contribution in [3.8, 4) is 0 Å². The van der Waals surface area contributed by atoms with Gasteiger partial charge in [0.05, 0.1) is 6.10 Å². The number of urea groups is 1. The number of nitrogens with zero attached hydrogens (tertiary/aromatic N) is 1. The number of aliphatic hydroxyl groups excluding tert-OH is 1. The van der Waals surface area contributed by atoms with Gasteiger partial charge < -0.3 is 20.4 Å². The van der Waals surface area contributed by atoms with Crippen LogP contribution in [0.1, 0.15) is 26.2 Å². The van der Waals surface area contributed by atoms with Crippen LogP contribution in [-0.4, -0.2) is 51.8 Å². The van der Waals surface area contributed by atoms with Crippen molar-refractivity contribution in [3.63, 3.8) is 0 Å². The summed E-state index contributed by atoms with van der Waals surface area (Å²) < 4.78 is 0. The van der Waals surface area contributed by atoms with Gasteiger partial charge in [-0.1, -0.05) is 13.3 Å². The van der Waals surface area contributed by atoms with Crippen LogP contribution in [-0.2, 0) is 4.79 Å². The van der Waals surface area contributed by atoms with Crippen molar-refractivity contribution >= 4 is 12.0 Å². The summed E-state index contributed by atoms with van der Waals surface area (Å²) in [6.07, 6.45) is 1.37. The molecule has 1 aliphatic heterocycles. The van der Waals surface area contributed by atoms with Crippen molar-refractivity contribution in [3.05, 3.63) is 0 Å². The Morgan fingerprint density at radius 2 is 2.12 bits per heavy atom. The van der Waals surface area contributed by atoms with Gasteiger partial charge >= 0.3 is 12.0 Å². The standard InChI is InChI=1S/C11H18N2O4/c1-2-6-3-8(6)12-11(17)13-5-7(14)4-9(13)10(15)16/h6-9,14H,2-5H2,1H3,(H,12,17)(H,15,16)/t6?,7-,8?,9+/m1/s1. The van der Waals surface area contributed by atoms with E-state index >= 15 is 0 Å². The van der Waals surface area contributed by atoms with Gasteiger partial charge in [0.1, 0.15) is 6.04 Å². The largest absolute Gasteiger partial charge is 0.480 e. The lowest BCUT2D eigenvalue weighted by molar-refractivity contribution is -0.141. The van der Waals surface area contributed by atoms with E-state index in [4.69, 9.17) is 5.11 Å². The topological polar surface area (TPSA) is 89.9 Å². The van der Waals surface area contributed by atoms with Crippen LogP contribution in [0.15, 0.2) is 0 Å². The average Bonchev–Trinajstić information content (AvgIpc) is 2.89. The maximum absolute atomic E-state index is 11.9. The molecule has 0 aromatic heterocycles. The molecule has 0 radical (unpaired) electrons. The number of rotatable bonds is 3. The van der Waals surface area contributed by atoms with Crippen LogP contribution in [0.25, 0.3) is 0 Å². The molecule has 2 aliphatic rings. The van der Waals surface area contributed by atoms with Gasteiger partial charge in [0.25, 0.3) is 0 Å². The highest BCUT2D eigenvalue weighted by atomic mass is 16.4. The molecule has 1 saturated heterocycles. The first kappa shape index (κ1) is 12.2. The number of carboxylic acids is 1. The molecular formula is C11H18N2O4. The Hall–Kier alpha value is -1.30. The van der Waals surface area contributed by atoms with Gasteiger partial charge in [-0.3, -0.25) is 0 Å². The second kappa shape index (κ2) is 4.52. The lowest BCUT2D eigenvalue weighted by Crippen LogP contribution is -2.47. The van der Waals surface area contributed by atoms with Crippen molar-refractivity contribution < 1.29 is 19.8 Å². The fourth-order valence-corrected chi connectivity index (χ4v) is 2.39. The third-order valence-corrected chi connectivity index (χ3v) is 3.58. The number of aliphatic hydroxyl groups is 1. The second-order valence-corrected chi connectivity index (χ2v) is 4.86. The number of hydrogen-bond acceptors (Lipinski definition) is 3. The predicted octanol–water partition coefficient (Wildman–Crippen LogP) is 0.0143. The van der Waals surface area contributed by atoms with Crippen molar-refractivity contribution in [1.82, 2.24) is 10.2 Å². The first-order chi connectivity index (χ1) is 8.02. The fraction of sp³-hybridized carbons (Fsp3) is 0.818. The van der Waals surface area contributed by atoms with Crippen molar-refractivity contribution in [2.75, 3.05) is 6.54 Å². The summed E-state index contributed by atoms with van der Waals surface area (Å²) in [4.78, 5) is 24.0. The third kappa shape index (κ3) is 2.52. The van der Waals surface area contributed by atoms with Gasteiger partial charge in [0, 0.05) is 19.0 Å². The van der Waals surface area contributed by atoms with E-state index in [9.17, 15) is 14.7 Å². The van der Waals surface area contributed by atoms with E-state index in [2.05, 4.69) is 12.2 Å². The van der Waals surface area contributed by atoms with Crippen LogP contribution >= 0.6 is 0 Å². The monoisotopic (exact) mass is 242 g/mol. The molecule has 2 fully saturated rings. The summed E-state index contributed by atoms with van der Waals surface area (Å²) in [7, 11) is 0. The Bertz CT molecular complexity index is 333. The Morgan fingerprint density at radius 1 is 1.41 bits per heavy atom. The Balaban J connectivity index is 1.91. The minimum Gasteiger partial charge on any atom is -0.480 e. The van der Waals surface area contributed by atoms with E-state index in [0.717, 1.165) is 12.8 Å². The molecule has 4 atom stereocenters. The van der Waals surface area contributed by atoms with Crippen molar-refractivity contribution in [2.24, 2.45) is 5.92 Å². The summed E-state index contributed by atoms with van der Waals surface area (Å²) >= 11 is 0. The summed E-state index contributed by atoms with van der Waals surface area (Å²) in [6.45, 7) is 2.17. The molecule has 0 bridgehead atoms. The molecule has 3 N–H and O–H groups in total. The maximum Gasteiger partial charge on any atom is 0.326 e. The van der Waals surface area contributed by atoms with E-state index in [1.807, 2.05) is 0 Å². The van der Waals surface area contributed by atoms with Crippen molar-refractivity contribution in [2.45, 2.75) is 44.4 Å². The van der Waals surface area contributed by atoms with Gasteiger partial charge in [-0.15, -0.1) is 0 Å². The Labute approximate surface area is 99.6 Å². The number of aliphatic carboxylic acids is 1. The molecule has 96 valence electrons. The molecule has 2 unspecified atom stereocenters. The zero-order valence-electron chi connectivity index (χ0n) is 9.80. The Kier molecular flexibility index (Phi) is 3.24. The zero-order chi connectivity index (χ0) is 12.6. The molecular weight excluding hydrogens is 224 g/mol. The zero-order valence-corrected chi connectivity index (χ0v) is 9.80. The molecule has 1 saturated carbocycles. The SMILES string of the molecule is CCC1CC1NC(=O)N1C[C@H](O)C[C@H]1C(=O)O. The van der Waals surface area contributed by atoms with Gasteiger partial charge in [-0.05, 0) is 12.3 Å². The van der Waals surface area contributed by atoms with E-state index in [0.29, 0.717) is 5.92 Å². The predicted molar refractivity (Wildman–Crippen MR) is 59.5 cm³/mol. The Morgan fingerprint density at radius 3 is 2.65 bits per heavy atom. The van der Waals surface area contributed by atoms with E-state index < -0.39 is 18.1 Å².